The number of hydrogen-bond donors (Lipinski definition) is 1. The van der Waals surface area contributed by atoms with Gasteiger partial charge in [0.15, 0.2) is 0 Å². The lowest BCUT2D eigenvalue weighted by Gasteiger charge is -2.32. The van der Waals surface area contributed by atoms with Gasteiger partial charge in [-0.05, 0) is 27.8 Å². The van der Waals surface area contributed by atoms with Gasteiger partial charge in [-0.25, -0.2) is 0 Å². The molecule has 1 unspecified atom stereocenters. The Morgan fingerprint density at radius 2 is 1.26 bits per heavy atom. The van der Waals surface area contributed by atoms with Gasteiger partial charge in [0.2, 0.25) is 0 Å². The van der Waals surface area contributed by atoms with Gasteiger partial charge in [0.05, 0.1) is 0 Å². The lowest BCUT2D eigenvalue weighted by molar-refractivity contribution is 0.0808. The van der Waals surface area contributed by atoms with Crippen LogP contribution in [0.2, 0.25) is 0 Å². The molecule has 1 aliphatic rings. The average Bonchev–Trinajstić information content (AvgIpc) is 2.60. The third kappa shape index (κ3) is 2.39. The second-order valence-corrected chi connectivity index (χ2v) is 6.02. The number of rotatable bonds is 1. The molecule has 3 aromatic rings. The van der Waals surface area contributed by atoms with E-state index in [-0.39, 0.29) is 0 Å². The van der Waals surface area contributed by atoms with Crippen molar-refractivity contribution in [2.45, 2.75) is 12.0 Å². The number of benzene rings is 3. The van der Waals surface area contributed by atoms with Crippen LogP contribution in [0.4, 0.5) is 0 Å². The van der Waals surface area contributed by atoms with E-state index in [0.717, 1.165) is 27.8 Å². The monoisotopic (exact) mass is 298 g/mol. The summed E-state index contributed by atoms with van der Waals surface area (Å²) in [5.41, 5.74) is 4.24. The number of hydrogen-bond acceptors (Lipinski definition) is 1. The van der Waals surface area contributed by atoms with Crippen molar-refractivity contribution in [1.82, 2.24) is 0 Å². The van der Waals surface area contributed by atoms with E-state index in [1.54, 1.807) is 0 Å². The topological polar surface area (TPSA) is 20.2 Å². The van der Waals surface area contributed by atoms with Crippen LogP contribution in [0.15, 0.2) is 78.9 Å². The van der Waals surface area contributed by atoms with Crippen LogP contribution in [0, 0.1) is 0 Å². The van der Waals surface area contributed by atoms with Crippen molar-refractivity contribution < 1.29 is 5.11 Å². The van der Waals surface area contributed by atoms with Gasteiger partial charge in [-0.2, -0.15) is 0 Å². The summed E-state index contributed by atoms with van der Waals surface area (Å²) in [6, 6.07) is 26.3. The van der Waals surface area contributed by atoms with Crippen LogP contribution in [0.5, 0.6) is 0 Å². The van der Waals surface area contributed by atoms with Gasteiger partial charge in [0.1, 0.15) is 5.60 Å². The van der Waals surface area contributed by atoms with Gasteiger partial charge in [-0.1, -0.05) is 91.0 Å². The summed E-state index contributed by atoms with van der Waals surface area (Å²) < 4.78 is 0. The zero-order valence-electron chi connectivity index (χ0n) is 12.8. The summed E-state index contributed by atoms with van der Waals surface area (Å²) in [4.78, 5) is 0. The molecule has 0 fully saturated rings. The third-order valence-electron chi connectivity index (χ3n) is 4.60. The maximum Gasteiger partial charge on any atom is 0.119 e. The van der Waals surface area contributed by atoms with E-state index in [0.29, 0.717) is 6.42 Å². The second kappa shape index (κ2) is 5.53. The highest BCUT2D eigenvalue weighted by Gasteiger charge is 2.34. The smallest absolute Gasteiger partial charge is 0.119 e. The Hall–Kier alpha value is -2.64. The van der Waals surface area contributed by atoms with Crippen molar-refractivity contribution in [3.05, 3.63) is 107 Å². The second-order valence-electron chi connectivity index (χ2n) is 6.02. The molecule has 1 nitrogen and oxygen atoms in total. The molecule has 1 N–H and O–H groups in total. The molecule has 0 aliphatic heterocycles. The molecule has 3 aromatic carbocycles. The number of aliphatic hydroxyl groups is 1. The van der Waals surface area contributed by atoms with Crippen LogP contribution in [0.3, 0.4) is 0 Å². The Labute approximate surface area is 136 Å². The normalized spacial score (nSPS) is 20.7. The molecule has 0 bridgehead atoms. The first kappa shape index (κ1) is 14.0. The van der Waals surface area contributed by atoms with Crippen LogP contribution >= 0.6 is 0 Å². The van der Waals surface area contributed by atoms with Gasteiger partial charge < -0.3 is 5.11 Å². The Kier molecular flexibility index (Phi) is 3.36. The fraction of sp³-hybridized carbons (Fsp3) is 0.0909. The first-order valence-corrected chi connectivity index (χ1v) is 7.91. The van der Waals surface area contributed by atoms with Crippen molar-refractivity contribution in [2.24, 2.45) is 0 Å². The summed E-state index contributed by atoms with van der Waals surface area (Å²) >= 11 is 0. The van der Waals surface area contributed by atoms with Crippen LogP contribution < -0.4 is 0 Å². The fourth-order valence-corrected chi connectivity index (χ4v) is 3.40. The predicted octanol–water partition coefficient (Wildman–Crippen LogP) is 4.65. The lowest BCUT2D eigenvalue weighted by atomic mass is 9.77. The summed E-state index contributed by atoms with van der Waals surface area (Å²) in [6.07, 6.45) is 4.80. The minimum absolute atomic E-state index is 0.564. The van der Waals surface area contributed by atoms with E-state index in [1.165, 1.54) is 0 Å². The van der Waals surface area contributed by atoms with Gasteiger partial charge in [0, 0.05) is 6.42 Å². The molecule has 0 saturated carbocycles. The summed E-state index contributed by atoms with van der Waals surface area (Å²) in [5, 5.41) is 11.7. The molecule has 0 amide bonds. The molecule has 0 aromatic heterocycles. The minimum Gasteiger partial charge on any atom is -0.380 e. The van der Waals surface area contributed by atoms with Gasteiger partial charge in [0.25, 0.3) is 0 Å². The highest BCUT2D eigenvalue weighted by atomic mass is 16.3. The van der Waals surface area contributed by atoms with E-state index < -0.39 is 5.60 Å². The van der Waals surface area contributed by atoms with Crippen molar-refractivity contribution in [1.29, 1.82) is 0 Å². The predicted molar refractivity (Wildman–Crippen MR) is 95.0 cm³/mol. The Balaban J connectivity index is 2.00. The zero-order chi connectivity index (χ0) is 15.7. The van der Waals surface area contributed by atoms with Crippen molar-refractivity contribution in [2.75, 3.05) is 0 Å². The molecule has 1 atom stereocenters. The molecule has 112 valence electrons. The molecular formula is C22H18O. The largest absolute Gasteiger partial charge is 0.380 e. The third-order valence-corrected chi connectivity index (χ3v) is 4.60. The van der Waals surface area contributed by atoms with E-state index in [9.17, 15) is 5.11 Å². The van der Waals surface area contributed by atoms with Crippen molar-refractivity contribution in [3.63, 3.8) is 0 Å². The zero-order valence-corrected chi connectivity index (χ0v) is 12.8. The summed E-state index contributed by atoms with van der Waals surface area (Å²) in [5.74, 6) is 0. The molecular weight excluding hydrogens is 280 g/mol. The van der Waals surface area contributed by atoms with Crippen molar-refractivity contribution >= 4 is 12.2 Å². The molecule has 0 radical (unpaired) electrons. The maximum absolute atomic E-state index is 11.7. The molecule has 0 heterocycles. The molecule has 0 saturated heterocycles. The quantitative estimate of drug-likeness (QED) is 0.693. The van der Waals surface area contributed by atoms with E-state index in [4.69, 9.17) is 0 Å². The molecule has 23 heavy (non-hydrogen) atoms. The Bertz CT molecular complexity index is 864. The molecule has 4 rings (SSSR count). The Morgan fingerprint density at radius 3 is 2.09 bits per heavy atom. The molecule has 1 aliphatic carbocycles. The van der Waals surface area contributed by atoms with Gasteiger partial charge >= 0.3 is 0 Å². The van der Waals surface area contributed by atoms with E-state index >= 15 is 0 Å². The average molecular weight is 298 g/mol. The fourth-order valence-electron chi connectivity index (χ4n) is 3.40. The number of fused-ring (bicyclic) bond motifs is 2. The maximum atomic E-state index is 11.7. The van der Waals surface area contributed by atoms with Gasteiger partial charge in [-0.15, -0.1) is 0 Å². The highest BCUT2D eigenvalue weighted by molar-refractivity contribution is 5.75. The van der Waals surface area contributed by atoms with E-state index in [2.05, 4.69) is 30.4 Å². The van der Waals surface area contributed by atoms with Crippen LogP contribution in [0.25, 0.3) is 12.2 Å². The Morgan fingerprint density at radius 1 is 0.652 bits per heavy atom. The SMILES string of the molecule is OC1(c2ccccc2)Cc2ccccc2/C=C\c2ccccc21. The first-order chi connectivity index (χ1) is 11.3. The molecule has 1 heteroatoms. The molecule has 0 spiro atoms. The summed E-state index contributed by atoms with van der Waals surface area (Å²) in [6.45, 7) is 0. The summed E-state index contributed by atoms with van der Waals surface area (Å²) in [7, 11) is 0. The van der Waals surface area contributed by atoms with Crippen LogP contribution in [-0.2, 0) is 12.0 Å². The van der Waals surface area contributed by atoms with E-state index in [1.807, 2.05) is 60.7 Å². The minimum atomic E-state index is -1.03. The van der Waals surface area contributed by atoms with Crippen LogP contribution in [-0.4, -0.2) is 5.11 Å². The standard InChI is InChI=1S/C22H18O/c23-22(20-11-2-1-3-12-20)16-19-10-5-4-8-17(19)14-15-18-9-6-7-13-21(18)22/h1-15,23H,16H2/b15-14-. The van der Waals surface area contributed by atoms with Crippen LogP contribution in [0.1, 0.15) is 27.8 Å². The lowest BCUT2D eigenvalue weighted by Crippen LogP contribution is -2.31. The van der Waals surface area contributed by atoms with Gasteiger partial charge in [-0.3, -0.25) is 0 Å². The van der Waals surface area contributed by atoms with Crippen molar-refractivity contribution in [3.8, 4) is 0 Å². The first-order valence-electron chi connectivity index (χ1n) is 7.91. The highest BCUT2D eigenvalue weighted by Crippen LogP contribution is 2.38.